The molecule has 0 spiro atoms. The number of nitrogens with one attached hydrogen (secondary N) is 1. The number of nitro groups is 1. The highest BCUT2D eigenvalue weighted by Gasteiger charge is 2.22. The average Bonchev–Trinajstić information content (AvgIpc) is 2.56. The van der Waals surface area contributed by atoms with Gasteiger partial charge in [0.15, 0.2) is 0 Å². The fraction of sp³-hybridized carbons (Fsp3) is 0.235. The number of ether oxygens (including phenoxy) is 1. The third-order valence-electron chi connectivity index (χ3n) is 3.76. The minimum atomic E-state index is -4.07. The van der Waals surface area contributed by atoms with Crippen LogP contribution in [0.1, 0.15) is 28.4 Å². The lowest BCUT2D eigenvalue weighted by Crippen LogP contribution is -2.16. The summed E-state index contributed by atoms with van der Waals surface area (Å²) < 4.78 is 32.5. The molecular formula is C17H18N2O6S. The standard InChI is InChI=1S/C17H18N2O6S/c1-4-25-17(20)14-6-5-7-15(12(14)3)18-26(23,24)13-9-8-11(2)16(10-13)19(21)22/h5-10,18H,4H2,1-3H3. The van der Waals surface area contributed by atoms with Crippen molar-refractivity contribution in [1.82, 2.24) is 0 Å². The van der Waals surface area contributed by atoms with Crippen molar-refractivity contribution >= 4 is 27.4 Å². The minimum absolute atomic E-state index is 0.193. The van der Waals surface area contributed by atoms with Crippen molar-refractivity contribution in [3.8, 4) is 0 Å². The number of aryl methyl sites for hydroxylation is 1. The van der Waals surface area contributed by atoms with E-state index in [-0.39, 0.29) is 28.4 Å². The van der Waals surface area contributed by atoms with Crippen LogP contribution in [0.15, 0.2) is 41.3 Å². The lowest BCUT2D eigenvalue weighted by molar-refractivity contribution is -0.385. The van der Waals surface area contributed by atoms with Gasteiger partial charge >= 0.3 is 5.97 Å². The molecular weight excluding hydrogens is 360 g/mol. The number of hydrogen-bond acceptors (Lipinski definition) is 6. The van der Waals surface area contributed by atoms with E-state index in [4.69, 9.17) is 4.74 Å². The van der Waals surface area contributed by atoms with E-state index in [9.17, 15) is 23.3 Å². The van der Waals surface area contributed by atoms with Gasteiger partial charge in [-0.3, -0.25) is 14.8 Å². The Morgan fingerprint density at radius 2 is 1.92 bits per heavy atom. The van der Waals surface area contributed by atoms with Crippen molar-refractivity contribution in [2.75, 3.05) is 11.3 Å². The number of sulfonamides is 1. The molecule has 0 amide bonds. The monoisotopic (exact) mass is 378 g/mol. The maximum absolute atomic E-state index is 12.6. The number of rotatable bonds is 6. The summed E-state index contributed by atoms with van der Waals surface area (Å²) >= 11 is 0. The first-order chi connectivity index (χ1) is 12.2. The molecule has 8 nitrogen and oxygen atoms in total. The Kier molecular flexibility index (Phi) is 5.61. The third kappa shape index (κ3) is 3.99. The third-order valence-corrected chi connectivity index (χ3v) is 5.12. The Bertz CT molecular complexity index is 969. The summed E-state index contributed by atoms with van der Waals surface area (Å²) in [6, 6.07) is 8.21. The van der Waals surface area contributed by atoms with Crippen molar-refractivity contribution in [2.45, 2.75) is 25.7 Å². The van der Waals surface area contributed by atoms with Gasteiger partial charge < -0.3 is 4.74 Å². The van der Waals surface area contributed by atoms with Crippen LogP contribution in [0.3, 0.4) is 0 Å². The van der Waals surface area contributed by atoms with Crippen LogP contribution in [-0.4, -0.2) is 25.9 Å². The van der Waals surface area contributed by atoms with Gasteiger partial charge in [-0.2, -0.15) is 0 Å². The van der Waals surface area contributed by atoms with Gasteiger partial charge in [-0.25, -0.2) is 13.2 Å². The Morgan fingerprint density at radius 3 is 2.54 bits per heavy atom. The zero-order valence-electron chi connectivity index (χ0n) is 14.5. The summed E-state index contributed by atoms with van der Waals surface area (Å²) in [7, 11) is -4.07. The van der Waals surface area contributed by atoms with Crippen LogP contribution >= 0.6 is 0 Å². The SMILES string of the molecule is CCOC(=O)c1cccc(NS(=O)(=O)c2ccc(C)c([N+](=O)[O-])c2)c1C. The second kappa shape index (κ2) is 7.52. The number of hydrogen-bond donors (Lipinski definition) is 1. The van der Waals surface area contributed by atoms with Crippen LogP contribution in [0.5, 0.6) is 0 Å². The lowest BCUT2D eigenvalue weighted by Gasteiger charge is -2.13. The summed E-state index contributed by atoms with van der Waals surface area (Å²) in [6.45, 7) is 4.97. The highest BCUT2D eigenvalue weighted by atomic mass is 32.2. The second-order valence-corrected chi connectivity index (χ2v) is 7.19. The maximum atomic E-state index is 12.6. The molecule has 0 aromatic heterocycles. The summed E-state index contributed by atoms with van der Waals surface area (Å²) in [6.07, 6.45) is 0. The second-order valence-electron chi connectivity index (χ2n) is 5.51. The number of benzene rings is 2. The van der Waals surface area contributed by atoms with E-state index < -0.39 is 20.9 Å². The van der Waals surface area contributed by atoms with E-state index in [2.05, 4.69) is 4.72 Å². The molecule has 9 heteroatoms. The quantitative estimate of drug-likeness (QED) is 0.469. The highest BCUT2D eigenvalue weighted by molar-refractivity contribution is 7.92. The number of carbonyl (C=O) groups is 1. The number of anilines is 1. The molecule has 1 N–H and O–H groups in total. The van der Waals surface area contributed by atoms with Crippen LogP contribution in [0, 0.1) is 24.0 Å². The zero-order valence-corrected chi connectivity index (χ0v) is 15.3. The van der Waals surface area contributed by atoms with Crippen molar-refractivity contribution in [1.29, 1.82) is 0 Å². The molecule has 0 fully saturated rings. The summed E-state index contributed by atoms with van der Waals surface area (Å²) in [5.41, 5.74) is 0.899. The van der Waals surface area contributed by atoms with Crippen molar-refractivity contribution in [3.63, 3.8) is 0 Å². The highest BCUT2D eigenvalue weighted by Crippen LogP contribution is 2.26. The molecule has 0 aliphatic heterocycles. The molecule has 0 aliphatic carbocycles. The van der Waals surface area contributed by atoms with Crippen LogP contribution < -0.4 is 4.72 Å². The topological polar surface area (TPSA) is 116 Å². The number of esters is 1. The molecule has 2 aromatic carbocycles. The van der Waals surface area contributed by atoms with Gasteiger partial charge in [-0.1, -0.05) is 12.1 Å². The Labute approximate surface area is 151 Å². The Balaban J connectivity index is 2.42. The van der Waals surface area contributed by atoms with E-state index >= 15 is 0 Å². The van der Waals surface area contributed by atoms with Gasteiger partial charge in [-0.05, 0) is 44.5 Å². The van der Waals surface area contributed by atoms with E-state index in [0.29, 0.717) is 11.1 Å². The van der Waals surface area contributed by atoms with Crippen molar-refractivity contribution in [2.24, 2.45) is 0 Å². The molecule has 26 heavy (non-hydrogen) atoms. The van der Waals surface area contributed by atoms with E-state index in [1.54, 1.807) is 13.8 Å². The van der Waals surface area contributed by atoms with Crippen LogP contribution in [0.2, 0.25) is 0 Å². The first-order valence-electron chi connectivity index (χ1n) is 7.72. The fourth-order valence-electron chi connectivity index (χ4n) is 2.33. The Hall–Kier alpha value is -2.94. The minimum Gasteiger partial charge on any atom is -0.462 e. The molecule has 0 saturated heterocycles. The first kappa shape index (κ1) is 19.4. The zero-order chi connectivity index (χ0) is 19.5. The predicted octanol–water partition coefficient (Wildman–Crippen LogP) is 3.19. The molecule has 0 aliphatic rings. The largest absolute Gasteiger partial charge is 0.462 e. The smallest absolute Gasteiger partial charge is 0.338 e. The van der Waals surface area contributed by atoms with Crippen molar-refractivity contribution < 1.29 is 22.9 Å². The normalized spacial score (nSPS) is 11.0. The molecule has 2 aromatic rings. The number of carbonyl (C=O) groups excluding carboxylic acids is 1. The molecule has 0 bridgehead atoms. The lowest BCUT2D eigenvalue weighted by atomic mass is 10.1. The number of nitrogens with zero attached hydrogens (tertiary/aromatic N) is 1. The predicted molar refractivity (Wildman–Crippen MR) is 95.8 cm³/mol. The molecule has 0 unspecified atom stereocenters. The summed E-state index contributed by atoms with van der Waals surface area (Å²) in [5.74, 6) is -0.558. The molecule has 2 rings (SSSR count). The summed E-state index contributed by atoms with van der Waals surface area (Å²) in [5, 5.41) is 11.0. The van der Waals surface area contributed by atoms with Gasteiger partial charge in [-0.15, -0.1) is 0 Å². The molecule has 138 valence electrons. The van der Waals surface area contributed by atoms with Gasteiger partial charge in [0.05, 0.1) is 27.7 Å². The fourth-order valence-corrected chi connectivity index (χ4v) is 3.48. The molecule has 0 atom stereocenters. The average molecular weight is 378 g/mol. The van der Waals surface area contributed by atoms with E-state index in [1.165, 1.54) is 37.3 Å². The molecule has 0 heterocycles. The van der Waals surface area contributed by atoms with E-state index in [1.807, 2.05) is 0 Å². The van der Waals surface area contributed by atoms with Gasteiger partial charge in [0.2, 0.25) is 0 Å². The first-order valence-corrected chi connectivity index (χ1v) is 9.20. The van der Waals surface area contributed by atoms with Gasteiger partial charge in [0.1, 0.15) is 0 Å². The number of nitro benzene ring substituents is 1. The van der Waals surface area contributed by atoms with Gasteiger partial charge in [0.25, 0.3) is 15.7 Å². The summed E-state index contributed by atoms with van der Waals surface area (Å²) in [4.78, 5) is 22.1. The van der Waals surface area contributed by atoms with E-state index in [0.717, 1.165) is 6.07 Å². The molecule has 0 saturated carbocycles. The maximum Gasteiger partial charge on any atom is 0.338 e. The van der Waals surface area contributed by atoms with Crippen LogP contribution in [-0.2, 0) is 14.8 Å². The Morgan fingerprint density at radius 1 is 1.23 bits per heavy atom. The van der Waals surface area contributed by atoms with Crippen LogP contribution in [0.25, 0.3) is 0 Å². The molecule has 0 radical (unpaired) electrons. The van der Waals surface area contributed by atoms with Gasteiger partial charge in [0, 0.05) is 11.6 Å². The van der Waals surface area contributed by atoms with Crippen LogP contribution in [0.4, 0.5) is 11.4 Å². The van der Waals surface area contributed by atoms with Crippen molar-refractivity contribution in [3.05, 3.63) is 63.2 Å².